The molecule has 0 heteroatoms. The molecular formula is C12H20. The molecule has 0 amide bonds. The fourth-order valence-corrected chi connectivity index (χ4v) is 1.07. The van der Waals surface area contributed by atoms with Gasteiger partial charge in [-0.05, 0) is 32.6 Å². The fourth-order valence-electron chi connectivity index (χ4n) is 1.07. The van der Waals surface area contributed by atoms with Gasteiger partial charge < -0.3 is 0 Å². The molecule has 0 saturated heterocycles. The average Bonchev–Trinajstić information content (AvgIpc) is 2.10. The van der Waals surface area contributed by atoms with E-state index in [0.29, 0.717) is 5.92 Å². The highest BCUT2D eigenvalue weighted by molar-refractivity contribution is 5.02. The van der Waals surface area contributed by atoms with Crippen LogP contribution in [0.1, 0.15) is 33.6 Å². The van der Waals surface area contributed by atoms with Crippen LogP contribution in [0.15, 0.2) is 36.5 Å². The maximum Gasteiger partial charge on any atom is -0.00191 e. The van der Waals surface area contributed by atoms with E-state index in [9.17, 15) is 0 Å². The molecule has 12 heavy (non-hydrogen) atoms. The zero-order chi connectivity index (χ0) is 9.23. The standard InChI is InChI=1S/C12H20/c1-4-7-10-12(9-6-3)11-8-5-2/h4,6-9,11-12H,5,10H2,1-3H3. The normalized spacial score (nSPS) is 15.2. The molecule has 0 N–H and O–H groups in total. The van der Waals surface area contributed by atoms with Crippen LogP contribution in [0.5, 0.6) is 0 Å². The van der Waals surface area contributed by atoms with Crippen LogP contribution < -0.4 is 0 Å². The van der Waals surface area contributed by atoms with Crippen LogP contribution in [-0.2, 0) is 0 Å². The van der Waals surface area contributed by atoms with Gasteiger partial charge in [-0.1, -0.05) is 43.4 Å². The first-order valence-corrected chi connectivity index (χ1v) is 4.75. The predicted octanol–water partition coefficient (Wildman–Crippen LogP) is 4.11. The smallest absolute Gasteiger partial charge is 0.00191 e. The zero-order valence-electron chi connectivity index (χ0n) is 8.46. The first-order valence-electron chi connectivity index (χ1n) is 4.75. The lowest BCUT2D eigenvalue weighted by Crippen LogP contribution is -1.88. The van der Waals surface area contributed by atoms with Crippen molar-refractivity contribution in [3.8, 4) is 0 Å². The minimum atomic E-state index is 0.589. The largest absolute Gasteiger partial charge is 0.0916 e. The van der Waals surface area contributed by atoms with Crippen molar-refractivity contribution in [1.29, 1.82) is 0 Å². The molecule has 0 nitrogen and oxygen atoms in total. The van der Waals surface area contributed by atoms with Crippen LogP contribution >= 0.6 is 0 Å². The Morgan fingerprint density at radius 2 is 1.75 bits per heavy atom. The van der Waals surface area contributed by atoms with Crippen LogP contribution in [0.2, 0.25) is 0 Å². The third kappa shape index (κ3) is 5.96. The highest BCUT2D eigenvalue weighted by Gasteiger charge is 1.94. The lowest BCUT2D eigenvalue weighted by molar-refractivity contribution is 0.824. The van der Waals surface area contributed by atoms with Gasteiger partial charge in [0.2, 0.25) is 0 Å². The Hall–Kier alpha value is -0.780. The van der Waals surface area contributed by atoms with Crippen molar-refractivity contribution < 1.29 is 0 Å². The summed E-state index contributed by atoms with van der Waals surface area (Å²) in [4.78, 5) is 0. The molecule has 0 aliphatic carbocycles. The Kier molecular flexibility index (Phi) is 7.78. The van der Waals surface area contributed by atoms with Crippen molar-refractivity contribution in [1.82, 2.24) is 0 Å². The molecule has 0 saturated carbocycles. The van der Waals surface area contributed by atoms with Gasteiger partial charge in [-0.15, -0.1) is 0 Å². The van der Waals surface area contributed by atoms with Crippen molar-refractivity contribution in [3.63, 3.8) is 0 Å². The summed E-state index contributed by atoms with van der Waals surface area (Å²) in [5.41, 5.74) is 0. The quantitative estimate of drug-likeness (QED) is 0.536. The lowest BCUT2D eigenvalue weighted by atomic mass is 10.0. The summed E-state index contributed by atoms with van der Waals surface area (Å²) in [6.45, 7) is 6.30. The van der Waals surface area contributed by atoms with Gasteiger partial charge in [-0.3, -0.25) is 0 Å². The summed E-state index contributed by atoms with van der Waals surface area (Å²) in [5, 5.41) is 0. The molecular weight excluding hydrogens is 144 g/mol. The van der Waals surface area contributed by atoms with E-state index in [1.165, 1.54) is 0 Å². The van der Waals surface area contributed by atoms with Gasteiger partial charge in [0.1, 0.15) is 0 Å². The molecule has 0 fully saturated rings. The van der Waals surface area contributed by atoms with Crippen molar-refractivity contribution >= 4 is 0 Å². The average molecular weight is 164 g/mol. The van der Waals surface area contributed by atoms with E-state index in [1.54, 1.807) is 0 Å². The summed E-state index contributed by atoms with van der Waals surface area (Å²) < 4.78 is 0. The number of hydrogen-bond acceptors (Lipinski definition) is 0. The fraction of sp³-hybridized carbons (Fsp3) is 0.500. The molecule has 0 bridgehead atoms. The van der Waals surface area contributed by atoms with Crippen LogP contribution in [0.3, 0.4) is 0 Å². The van der Waals surface area contributed by atoms with Crippen LogP contribution in [0.25, 0.3) is 0 Å². The molecule has 1 unspecified atom stereocenters. The van der Waals surface area contributed by atoms with Gasteiger partial charge in [-0.25, -0.2) is 0 Å². The van der Waals surface area contributed by atoms with Crippen molar-refractivity contribution in [3.05, 3.63) is 36.5 Å². The first kappa shape index (κ1) is 11.2. The Morgan fingerprint density at radius 3 is 2.25 bits per heavy atom. The number of rotatable bonds is 5. The molecule has 0 spiro atoms. The second-order valence-corrected chi connectivity index (χ2v) is 2.83. The van der Waals surface area contributed by atoms with Gasteiger partial charge in [-0.2, -0.15) is 0 Å². The molecule has 0 heterocycles. The maximum atomic E-state index is 2.28. The number of hydrogen-bond donors (Lipinski definition) is 0. The van der Waals surface area contributed by atoms with Crippen LogP contribution in [-0.4, -0.2) is 0 Å². The highest BCUT2D eigenvalue weighted by Crippen LogP contribution is 2.08. The van der Waals surface area contributed by atoms with Gasteiger partial charge in [0, 0.05) is 0 Å². The highest BCUT2D eigenvalue weighted by atomic mass is 14.0. The summed E-state index contributed by atoms with van der Waals surface area (Å²) in [5.74, 6) is 0.589. The lowest BCUT2D eigenvalue weighted by Gasteiger charge is -2.02. The van der Waals surface area contributed by atoms with Crippen LogP contribution in [0.4, 0.5) is 0 Å². The third-order valence-corrected chi connectivity index (χ3v) is 1.70. The summed E-state index contributed by atoms with van der Waals surface area (Å²) in [6, 6.07) is 0. The van der Waals surface area contributed by atoms with Gasteiger partial charge in [0.25, 0.3) is 0 Å². The summed E-state index contributed by atoms with van der Waals surface area (Å²) in [6.07, 6.45) is 15.4. The first-order chi connectivity index (χ1) is 5.85. The van der Waals surface area contributed by atoms with E-state index in [4.69, 9.17) is 0 Å². The Morgan fingerprint density at radius 1 is 1.00 bits per heavy atom. The molecule has 0 rings (SSSR count). The third-order valence-electron chi connectivity index (χ3n) is 1.70. The Bertz CT molecular complexity index is 161. The molecule has 0 aromatic heterocycles. The molecule has 1 atom stereocenters. The van der Waals surface area contributed by atoms with E-state index in [1.807, 2.05) is 0 Å². The molecule has 0 radical (unpaired) electrons. The van der Waals surface area contributed by atoms with E-state index in [2.05, 4.69) is 57.2 Å². The van der Waals surface area contributed by atoms with Crippen molar-refractivity contribution in [2.75, 3.05) is 0 Å². The Labute approximate surface area is 76.7 Å². The predicted molar refractivity (Wildman–Crippen MR) is 57.2 cm³/mol. The Balaban J connectivity index is 3.94. The van der Waals surface area contributed by atoms with E-state index in [-0.39, 0.29) is 0 Å². The summed E-state index contributed by atoms with van der Waals surface area (Å²) >= 11 is 0. The molecule has 68 valence electrons. The van der Waals surface area contributed by atoms with Crippen molar-refractivity contribution in [2.45, 2.75) is 33.6 Å². The monoisotopic (exact) mass is 164 g/mol. The van der Waals surface area contributed by atoms with Crippen molar-refractivity contribution in [2.24, 2.45) is 5.92 Å². The van der Waals surface area contributed by atoms with Gasteiger partial charge in [0.05, 0.1) is 0 Å². The van der Waals surface area contributed by atoms with E-state index < -0.39 is 0 Å². The summed E-state index contributed by atoms with van der Waals surface area (Å²) in [7, 11) is 0. The second-order valence-electron chi connectivity index (χ2n) is 2.83. The SMILES string of the molecule is CC=CCC(C=CC)C=CCC. The number of allylic oxidation sites excluding steroid dienone is 6. The van der Waals surface area contributed by atoms with E-state index in [0.717, 1.165) is 12.8 Å². The molecule has 0 aromatic rings. The molecule has 0 aliphatic heterocycles. The second kappa shape index (κ2) is 8.32. The zero-order valence-corrected chi connectivity index (χ0v) is 8.46. The molecule has 0 aromatic carbocycles. The van der Waals surface area contributed by atoms with Crippen LogP contribution in [0, 0.1) is 5.92 Å². The van der Waals surface area contributed by atoms with Gasteiger partial charge >= 0.3 is 0 Å². The minimum Gasteiger partial charge on any atom is -0.0916 e. The minimum absolute atomic E-state index is 0.589. The topological polar surface area (TPSA) is 0 Å². The van der Waals surface area contributed by atoms with Gasteiger partial charge in [0.15, 0.2) is 0 Å². The maximum absolute atomic E-state index is 2.28. The van der Waals surface area contributed by atoms with E-state index >= 15 is 0 Å². The molecule has 0 aliphatic rings.